The second kappa shape index (κ2) is 11.0. The number of aryl methyl sites for hydroxylation is 1. The molecule has 4 heterocycles. The number of aliphatic hydroxyl groups is 1. The summed E-state index contributed by atoms with van der Waals surface area (Å²) in [4.78, 5) is 34.6. The van der Waals surface area contributed by atoms with Gasteiger partial charge >= 0.3 is 0 Å². The molecule has 0 amide bonds. The predicted molar refractivity (Wildman–Crippen MR) is 157 cm³/mol. The number of carbonyl (C=O) groups is 1. The molecule has 0 bridgehead atoms. The third-order valence-corrected chi connectivity index (χ3v) is 7.73. The van der Waals surface area contributed by atoms with Crippen LogP contribution in [0.3, 0.4) is 0 Å². The molecular formula is C30H32FN7O4. The van der Waals surface area contributed by atoms with Crippen molar-refractivity contribution in [1.29, 1.82) is 0 Å². The number of hydrogen-bond acceptors (Lipinski definition) is 10. The highest BCUT2D eigenvalue weighted by molar-refractivity contribution is 5.89. The summed E-state index contributed by atoms with van der Waals surface area (Å²) in [5, 5.41) is 13.2. The quantitative estimate of drug-likeness (QED) is 0.116. The zero-order valence-corrected chi connectivity index (χ0v) is 23.5. The lowest BCUT2D eigenvalue weighted by Crippen LogP contribution is -2.34. The molecule has 3 aromatic heterocycles. The number of anilines is 1. The number of aromatic nitrogens is 3. The fraction of sp³-hybridized carbons (Fsp3) is 0.267. The molecule has 0 unspecified atom stereocenters. The highest BCUT2D eigenvalue weighted by Crippen LogP contribution is 2.39. The largest absolute Gasteiger partial charge is 0.397 e. The minimum atomic E-state index is -1.90. The molecule has 0 fully saturated rings. The molecule has 1 atom stereocenters. The summed E-state index contributed by atoms with van der Waals surface area (Å²) < 4.78 is 21.5. The van der Waals surface area contributed by atoms with Crippen LogP contribution in [0.25, 0.3) is 28.0 Å². The molecule has 42 heavy (non-hydrogen) atoms. The van der Waals surface area contributed by atoms with Crippen molar-refractivity contribution >= 4 is 28.7 Å². The number of hydrogen-bond donors (Lipinski definition) is 4. The minimum Gasteiger partial charge on any atom is -0.397 e. The molecule has 1 aliphatic rings. The maximum absolute atomic E-state index is 14.7. The van der Waals surface area contributed by atoms with Gasteiger partial charge in [0, 0.05) is 53.2 Å². The molecule has 0 spiro atoms. The lowest BCUT2D eigenvalue weighted by molar-refractivity contribution is -0.125. The average Bonchev–Trinajstić information content (AvgIpc) is 3.33. The number of ether oxygens (including phenoxy) is 1. The second-order valence-electron chi connectivity index (χ2n) is 10.4. The monoisotopic (exact) mass is 573 g/mol. The Bertz CT molecular complexity index is 1820. The van der Waals surface area contributed by atoms with Crippen molar-refractivity contribution in [2.24, 2.45) is 11.6 Å². The first-order valence-electron chi connectivity index (χ1n) is 13.3. The lowest BCUT2D eigenvalue weighted by Gasteiger charge is -2.24. The van der Waals surface area contributed by atoms with Gasteiger partial charge in [-0.25, -0.2) is 20.2 Å². The van der Waals surface area contributed by atoms with E-state index in [1.165, 1.54) is 29.0 Å². The van der Waals surface area contributed by atoms with Crippen molar-refractivity contribution in [1.82, 2.24) is 19.5 Å². The first kappa shape index (κ1) is 28.9. The third kappa shape index (κ3) is 4.79. The average molecular weight is 574 g/mol. The van der Waals surface area contributed by atoms with Gasteiger partial charge in [0.25, 0.3) is 5.56 Å². The maximum Gasteiger partial charge on any atom is 0.257 e. The number of hydrazine groups is 1. The molecular weight excluding hydrogens is 541 g/mol. The fourth-order valence-corrected chi connectivity index (χ4v) is 5.41. The summed E-state index contributed by atoms with van der Waals surface area (Å²) in [6, 6.07) is 8.06. The Morgan fingerprint density at radius 3 is 2.74 bits per heavy atom. The van der Waals surface area contributed by atoms with E-state index in [1.54, 1.807) is 44.3 Å². The molecule has 0 saturated heterocycles. The van der Waals surface area contributed by atoms with E-state index in [2.05, 4.69) is 4.98 Å². The molecule has 5 rings (SSSR count). The van der Waals surface area contributed by atoms with Crippen molar-refractivity contribution in [2.75, 3.05) is 12.8 Å². The molecule has 4 aromatic rings. The first-order chi connectivity index (χ1) is 20.0. The number of benzene rings is 1. The summed E-state index contributed by atoms with van der Waals surface area (Å²) in [6.45, 7) is 3.46. The van der Waals surface area contributed by atoms with Gasteiger partial charge in [0.05, 0.1) is 42.3 Å². The van der Waals surface area contributed by atoms with Crippen LogP contribution in [0.1, 0.15) is 46.7 Å². The van der Waals surface area contributed by atoms with E-state index in [1.807, 2.05) is 0 Å². The number of fused-ring (bicyclic) bond motifs is 4. The Labute approximate surface area is 241 Å². The highest BCUT2D eigenvalue weighted by atomic mass is 19.1. The van der Waals surface area contributed by atoms with Crippen LogP contribution in [0.15, 0.2) is 47.5 Å². The number of nitrogen functional groups attached to an aromatic ring is 1. The van der Waals surface area contributed by atoms with Crippen LogP contribution in [-0.2, 0) is 34.8 Å². The number of carbonyl (C=O) groups excluding carboxylic acids is 1. The smallest absolute Gasteiger partial charge is 0.257 e. The van der Waals surface area contributed by atoms with E-state index >= 15 is 0 Å². The van der Waals surface area contributed by atoms with E-state index in [0.717, 1.165) is 0 Å². The molecule has 0 aliphatic carbocycles. The molecule has 0 saturated carbocycles. The van der Waals surface area contributed by atoms with Gasteiger partial charge in [0.1, 0.15) is 17.2 Å². The van der Waals surface area contributed by atoms with Gasteiger partial charge in [-0.05, 0) is 48.7 Å². The van der Waals surface area contributed by atoms with Gasteiger partial charge < -0.3 is 30.9 Å². The van der Waals surface area contributed by atoms with Crippen LogP contribution in [0, 0.1) is 12.7 Å². The number of nitrogens with two attached hydrogens (primary N) is 3. The van der Waals surface area contributed by atoms with E-state index in [9.17, 15) is 19.1 Å². The molecule has 1 aliphatic heterocycles. The summed E-state index contributed by atoms with van der Waals surface area (Å²) in [5.74, 6) is 6.24. The Hall–Kier alpha value is -4.65. The molecule has 0 radical (unpaired) electrons. The van der Waals surface area contributed by atoms with Crippen molar-refractivity contribution in [3.8, 4) is 11.4 Å². The Balaban J connectivity index is 1.72. The Morgan fingerprint density at radius 2 is 2.07 bits per heavy atom. The van der Waals surface area contributed by atoms with Gasteiger partial charge in [-0.15, -0.1) is 0 Å². The third-order valence-electron chi connectivity index (χ3n) is 7.73. The number of halogens is 1. The second-order valence-corrected chi connectivity index (χ2v) is 10.4. The summed E-state index contributed by atoms with van der Waals surface area (Å²) in [6.07, 6.45) is 3.54. The van der Waals surface area contributed by atoms with E-state index in [0.29, 0.717) is 56.5 Å². The number of pyridine rings is 3. The Morgan fingerprint density at radius 1 is 1.31 bits per heavy atom. The normalized spacial score (nSPS) is 14.0. The molecule has 7 N–H and O–H groups in total. The summed E-state index contributed by atoms with van der Waals surface area (Å²) in [7, 11) is 1.43. The number of methoxy groups -OCH3 is 1. The lowest BCUT2D eigenvalue weighted by atomic mass is 9.89. The van der Waals surface area contributed by atoms with Crippen LogP contribution >= 0.6 is 0 Å². The highest BCUT2D eigenvalue weighted by Gasteiger charge is 2.35. The van der Waals surface area contributed by atoms with Crippen LogP contribution in [0.4, 0.5) is 10.2 Å². The van der Waals surface area contributed by atoms with Crippen molar-refractivity contribution in [3.05, 3.63) is 92.3 Å². The van der Waals surface area contributed by atoms with Crippen molar-refractivity contribution in [3.63, 3.8) is 0 Å². The predicted octanol–water partition coefficient (Wildman–Crippen LogP) is 2.43. The molecule has 1 aromatic carbocycles. The minimum absolute atomic E-state index is 0.0428. The molecule has 218 valence electrons. The van der Waals surface area contributed by atoms with Crippen molar-refractivity contribution < 1.29 is 19.0 Å². The standard InChI is InChI=1S/C30H32FN7O4/c1-4-30(41,15-39)22-9-26-27-20(12-38(26)29(40)21(22)14-42-3)19(18-8-16(2)23(31)10-25(18)36-27)11-37(34)13-24(32)17-6-5-7-35-28(17)33/h5-10,13,15,41H,4,11-12,14,32,34H2,1-3H3,(H2,33,35)/b24-13-/t30-/m1/s1. The van der Waals surface area contributed by atoms with E-state index in [-0.39, 0.29) is 43.1 Å². The first-order valence-corrected chi connectivity index (χ1v) is 13.3. The SMILES string of the molecule is CC[C@@](O)(C=O)c1cc2n(c(=O)c1COC)Cc1c-2nc2cc(F)c(C)cc2c1CN(N)/C=C(\N)c1cccnc1N. The van der Waals surface area contributed by atoms with Gasteiger partial charge in [0.15, 0.2) is 6.29 Å². The zero-order chi connectivity index (χ0) is 30.3. The molecule has 11 nitrogen and oxygen atoms in total. The number of aldehydes is 1. The van der Waals surface area contributed by atoms with Gasteiger partial charge in [-0.3, -0.25) is 9.59 Å². The summed E-state index contributed by atoms with van der Waals surface area (Å²) >= 11 is 0. The van der Waals surface area contributed by atoms with Crippen LogP contribution in [-0.4, -0.2) is 38.0 Å². The summed E-state index contributed by atoms with van der Waals surface area (Å²) in [5.41, 5.74) is 14.1. The molecule has 12 heteroatoms. The maximum atomic E-state index is 14.7. The topological polar surface area (TPSA) is 176 Å². The van der Waals surface area contributed by atoms with Crippen molar-refractivity contribution in [2.45, 2.75) is 45.6 Å². The van der Waals surface area contributed by atoms with Crippen LogP contribution < -0.4 is 22.9 Å². The van der Waals surface area contributed by atoms with Gasteiger partial charge in [-0.2, -0.15) is 0 Å². The number of nitrogens with zero attached hydrogens (tertiary/aromatic N) is 4. The zero-order valence-electron chi connectivity index (χ0n) is 23.5. The Kier molecular flexibility index (Phi) is 7.54. The fourth-order valence-electron chi connectivity index (χ4n) is 5.41. The van der Waals surface area contributed by atoms with Crippen LogP contribution in [0.5, 0.6) is 0 Å². The van der Waals surface area contributed by atoms with Crippen LogP contribution in [0.2, 0.25) is 0 Å². The van der Waals surface area contributed by atoms with Gasteiger partial charge in [-0.1, -0.05) is 6.92 Å². The number of rotatable bonds is 9. The van der Waals surface area contributed by atoms with Gasteiger partial charge in [0.2, 0.25) is 0 Å². The van der Waals surface area contributed by atoms with E-state index in [4.69, 9.17) is 27.0 Å². The van der Waals surface area contributed by atoms with E-state index < -0.39 is 17.0 Å².